The van der Waals surface area contributed by atoms with Gasteiger partial charge in [0.2, 0.25) is 0 Å². The quantitative estimate of drug-likeness (QED) is 0.139. The van der Waals surface area contributed by atoms with Crippen LogP contribution in [0.5, 0.6) is 17.2 Å². The molecule has 0 aliphatic heterocycles. The zero-order valence-corrected chi connectivity index (χ0v) is 25.0. The Balaban J connectivity index is 1.25. The summed E-state index contributed by atoms with van der Waals surface area (Å²) < 4.78 is 22.2. The summed E-state index contributed by atoms with van der Waals surface area (Å²) in [5, 5.41) is 2.87. The third-order valence-electron chi connectivity index (χ3n) is 6.79. The number of hydrogen-bond donors (Lipinski definition) is 1. The maximum atomic E-state index is 12.6. The number of amides is 1. The number of carbonyl (C=O) groups excluding carboxylic acids is 2. The fourth-order valence-electron chi connectivity index (χ4n) is 4.34. The van der Waals surface area contributed by atoms with Crippen molar-refractivity contribution in [2.45, 2.75) is 39.2 Å². The van der Waals surface area contributed by atoms with Crippen LogP contribution in [0.15, 0.2) is 91.1 Å². The van der Waals surface area contributed by atoms with Gasteiger partial charge in [-0.05, 0) is 72.5 Å². The van der Waals surface area contributed by atoms with E-state index in [-0.39, 0.29) is 12.5 Å². The fourth-order valence-corrected chi connectivity index (χ4v) is 4.34. The van der Waals surface area contributed by atoms with Gasteiger partial charge in [0.1, 0.15) is 23.9 Å². The zero-order valence-electron chi connectivity index (χ0n) is 25.0. The molecule has 0 fully saturated rings. The minimum Gasteiger partial charge on any atom is -0.495 e. The van der Waals surface area contributed by atoms with Gasteiger partial charge in [0.25, 0.3) is 5.91 Å². The van der Waals surface area contributed by atoms with Gasteiger partial charge in [-0.2, -0.15) is 0 Å². The van der Waals surface area contributed by atoms with E-state index in [0.717, 1.165) is 16.8 Å². The van der Waals surface area contributed by atoms with Crippen molar-refractivity contribution in [3.05, 3.63) is 108 Å². The molecule has 4 rings (SSSR count). The van der Waals surface area contributed by atoms with Crippen LogP contribution in [0.4, 0.5) is 0 Å². The van der Waals surface area contributed by atoms with Gasteiger partial charge in [-0.1, -0.05) is 50.2 Å². The van der Waals surface area contributed by atoms with Gasteiger partial charge in [-0.25, -0.2) is 4.79 Å². The molecule has 1 N–H and O–H groups in total. The van der Waals surface area contributed by atoms with E-state index in [9.17, 15) is 9.59 Å². The van der Waals surface area contributed by atoms with Crippen molar-refractivity contribution in [2.75, 3.05) is 26.9 Å². The highest BCUT2D eigenvalue weighted by Gasteiger charge is 2.23. The number of carbonyl (C=O) groups is 2. The minimum atomic E-state index is -0.770. The second-order valence-corrected chi connectivity index (χ2v) is 10.2. The summed E-state index contributed by atoms with van der Waals surface area (Å²) in [7, 11) is 1.60. The molecule has 0 aliphatic rings. The molecule has 8 heteroatoms. The Morgan fingerprint density at radius 3 is 2.12 bits per heavy atom. The largest absolute Gasteiger partial charge is 0.495 e. The van der Waals surface area contributed by atoms with Gasteiger partial charge < -0.3 is 24.3 Å². The van der Waals surface area contributed by atoms with Gasteiger partial charge in [-0.15, -0.1) is 0 Å². The van der Waals surface area contributed by atoms with Gasteiger partial charge in [0.15, 0.2) is 6.10 Å². The molecule has 1 aromatic heterocycles. The predicted molar refractivity (Wildman–Crippen MR) is 166 cm³/mol. The van der Waals surface area contributed by atoms with Crippen LogP contribution >= 0.6 is 0 Å². The zero-order chi connectivity index (χ0) is 30.6. The van der Waals surface area contributed by atoms with Gasteiger partial charge in [-0.3, -0.25) is 9.78 Å². The summed E-state index contributed by atoms with van der Waals surface area (Å²) in [6, 6.07) is 26.2. The Morgan fingerprint density at radius 1 is 0.837 bits per heavy atom. The normalized spacial score (nSPS) is 11.5. The molecule has 0 spiro atoms. The Hall–Kier alpha value is -4.85. The van der Waals surface area contributed by atoms with Crippen molar-refractivity contribution in [1.29, 1.82) is 0 Å². The third kappa shape index (κ3) is 9.07. The molecular weight excluding hydrogens is 544 g/mol. The molecule has 224 valence electrons. The van der Waals surface area contributed by atoms with Crippen LogP contribution in [-0.2, 0) is 16.0 Å². The molecule has 0 saturated carbocycles. The van der Waals surface area contributed by atoms with Crippen LogP contribution in [0.1, 0.15) is 48.2 Å². The SMILES string of the molecule is CCOC(=O)C(Cc1ccc(OCCNC(=O)c2ccc(-c3ccc(OC)cn3)cc2)cc1)Oc1ccc(C(C)C)cc1. The number of hydrogen-bond acceptors (Lipinski definition) is 7. The summed E-state index contributed by atoms with van der Waals surface area (Å²) in [6.45, 7) is 6.96. The first-order valence-corrected chi connectivity index (χ1v) is 14.4. The van der Waals surface area contributed by atoms with E-state index < -0.39 is 12.1 Å². The summed E-state index contributed by atoms with van der Waals surface area (Å²) >= 11 is 0. The number of pyridine rings is 1. The minimum absolute atomic E-state index is 0.183. The lowest BCUT2D eigenvalue weighted by Crippen LogP contribution is -2.31. The maximum absolute atomic E-state index is 12.6. The summed E-state index contributed by atoms with van der Waals surface area (Å²) in [4.78, 5) is 29.6. The molecule has 1 atom stereocenters. The number of rotatable bonds is 14. The standard InChI is InChI=1S/C35H38N2O6/c1-5-41-35(39)33(43-30-16-12-26(13-17-30)24(2)3)22-25-6-14-29(15-7-25)42-21-20-36-34(38)28-10-8-27(9-11-28)32-19-18-31(40-4)23-37-32/h6-19,23-24,33H,5,20-22H2,1-4H3,(H,36,38). The predicted octanol–water partition coefficient (Wildman–Crippen LogP) is 6.24. The van der Waals surface area contributed by atoms with Crippen LogP contribution in [-0.4, -0.2) is 49.8 Å². The molecule has 0 saturated heterocycles. The van der Waals surface area contributed by atoms with Crippen LogP contribution in [0.2, 0.25) is 0 Å². The van der Waals surface area contributed by atoms with E-state index in [4.69, 9.17) is 18.9 Å². The van der Waals surface area contributed by atoms with Gasteiger partial charge >= 0.3 is 5.97 Å². The molecule has 1 unspecified atom stereocenters. The van der Waals surface area contributed by atoms with Crippen LogP contribution in [0.3, 0.4) is 0 Å². The van der Waals surface area contributed by atoms with Crippen molar-refractivity contribution in [2.24, 2.45) is 0 Å². The van der Waals surface area contributed by atoms with E-state index in [2.05, 4.69) is 24.1 Å². The lowest BCUT2D eigenvalue weighted by Gasteiger charge is -2.18. The van der Waals surface area contributed by atoms with Crippen molar-refractivity contribution < 1.29 is 28.5 Å². The monoisotopic (exact) mass is 582 g/mol. The average Bonchev–Trinajstić information content (AvgIpc) is 3.04. The molecule has 3 aromatic carbocycles. The van der Waals surface area contributed by atoms with E-state index in [1.165, 1.54) is 5.56 Å². The Labute approximate surface area is 253 Å². The highest BCUT2D eigenvalue weighted by Crippen LogP contribution is 2.22. The van der Waals surface area contributed by atoms with E-state index in [1.54, 1.807) is 32.4 Å². The number of ether oxygens (including phenoxy) is 4. The first-order valence-electron chi connectivity index (χ1n) is 14.4. The Kier molecular flexibility index (Phi) is 11.1. The first kappa shape index (κ1) is 31.1. The molecule has 1 heterocycles. The van der Waals surface area contributed by atoms with Crippen molar-refractivity contribution in [3.63, 3.8) is 0 Å². The summed E-state index contributed by atoms with van der Waals surface area (Å²) in [6.07, 6.45) is 1.24. The number of aromatic nitrogens is 1. The number of nitrogens with one attached hydrogen (secondary N) is 1. The smallest absolute Gasteiger partial charge is 0.347 e. The molecular formula is C35H38N2O6. The Morgan fingerprint density at radius 2 is 1.51 bits per heavy atom. The lowest BCUT2D eigenvalue weighted by atomic mass is 10.0. The molecule has 0 aliphatic carbocycles. The molecule has 0 radical (unpaired) electrons. The average molecular weight is 583 g/mol. The first-order chi connectivity index (χ1) is 20.9. The van der Waals surface area contributed by atoms with Crippen LogP contribution in [0.25, 0.3) is 11.3 Å². The van der Waals surface area contributed by atoms with Crippen molar-refractivity contribution in [3.8, 4) is 28.5 Å². The number of esters is 1. The second-order valence-electron chi connectivity index (χ2n) is 10.2. The number of benzene rings is 3. The Bertz CT molecular complexity index is 1450. The molecule has 4 aromatic rings. The second kappa shape index (κ2) is 15.4. The number of methoxy groups -OCH3 is 1. The van der Waals surface area contributed by atoms with E-state index >= 15 is 0 Å². The molecule has 0 bridgehead atoms. The molecule has 8 nitrogen and oxygen atoms in total. The third-order valence-corrected chi connectivity index (χ3v) is 6.79. The van der Waals surface area contributed by atoms with Gasteiger partial charge in [0, 0.05) is 17.5 Å². The molecule has 43 heavy (non-hydrogen) atoms. The highest BCUT2D eigenvalue weighted by atomic mass is 16.6. The van der Waals surface area contributed by atoms with Crippen LogP contribution < -0.4 is 19.5 Å². The van der Waals surface area contributed by atoms with Crippen molar-refractivity contribution in [1.82, 2.24) is 10.3 Å². The van der Waals surface area contributed by atoms with Gasteiger partial charge in [0.05, 0.1) is 32.2 Å². The summed E-state index contributed by atoms with van der Waals surface area (Å²) in [5.41, 5.74) is 4.37. The van der Waals surface area contributed by atoms with E-state index in [1.807, 2.05) is 72.8 Å². The highest BCUT2D eigenvalue weighted by molar-refractivity contribution is 5.94. The fraction of sp³-hybridized carbons (Fsp3) is 0.286. The number of nitrogens with zero attached hydrogens (tertiary/aromatic N) is 1. The maximum Gasteiger partial charge on any atom is 0.347 e. The topological polar surface area (TPSA) is 96.0 Å². The van der Waals surface area contributed by atoms with Crippen LogP contribution in [0, 0.1) is 0 Å². The van der Waals surface area contributed by atoms with E-state index in [0.29, 0.717) is 48.3 Å². The lowest BCUT2D eigenvalue weighted by molar-refractivity contribution is -0.151. The van der Waals surface area contributed by atoms with Crippen molar-refractivity contribution >= 4 is 11.9 Å². The summed E-state index contributed by atoms with van der Waals surface area (Å²) in [5.74, 6) is 1.79. The molecule has 1 amide bonds.